The number of benzene rings is 2. The summed E-state index contributed by atoms with van der Waals surface area (Å²) in [6, 6.07) is 13.0. The van der Waals surface area contributed by atoms with E-state index in [2.05, 4.69) is 10.4 Å². The smallest absolute Gasteiger partial charge is 0.275 e. The van der Waals surface area contributed by atoms with E-state index >= 15 is 0 Å². The number of carbonyl (C=O) groups is 2. The summed E-state index contributed by atoms with van der Waals surface area (Å²) >= 11 is 0. The van der Waals surface area contributed by atoms with Crippen molar-refractivity contribution in [3.8, 4) is 0 Å². The third-order valence-electron chi connectivity index (χ3n) is 4.68. The van der Waals surface area contributed by atoms with Crippen LogP contribution in [0.15, 0.2) is 48.5 Å². The largest absolute Gasteiger partial charge is 0.337 e. The fourth-order valence-corrected chi connectivity index (χ4v) is 3.35. The zero-order valence-electron chi connectivity index (χ0n) is 14.7. The molecule has 6 nitrogen and oxygen atoms in total. The van der Waals surface area contributed by atoms with Crippen LogP contribution >= 0.6 is 0 Å². The van der Waals surface area contributed by atoms with Crippen molar-refractivity contribution in [3.05, 3.63) is 60.0 Å². The average Bonchev–Trinajstić information content (AvgIpc) is 3.32. The molecule has 2 aromatic carbocycles. The molecule has 7 heteroatoms. The molecule has 1 fully saturated rings. The van der Waals surface area contributed by atoms with Crippen molar-refractivity contribution in [2.24, 2.45) is 0 Å². The summed E-state index contributed by atoms with van der Waals surface area (Å²) in [5.74, 6) is -0.757. The highest BCUT2D eigenvalue weighted by Gasteiger charge is 2.25. The van der Waals surface area contributed by atoms with Crippen molar-refractivity contribution in [2.45, 2.75) is 19.4 Å². The number of nitrogens with zero attached hydrogens (tertiary/aromatic N) is 3. The SMILES string of the molecule is O=C(Cn1nc(C(=O)N2CCCC2)c2ccccc21)Nc1ccc(F)cc1. The molecule has 27 heavy (non-hydrogen) atoms. The summed E-state index contributed by atoms with van der Waals surface area (Å²) in [5.41, 5.74) is 1.61. The highest BCUT2D eigenvalue weighted by Crippen LogP contribution is 2.22. The maximum atomic E-state index is 13.0. The molecule has 1 aromatic heterocycles. The summed E-state index contributed by atoms with van der Waals surface area (Å²) in [6.07, 6.45) is 2.01. The Morgan fingerprint density at radius 2 is 1.74 bits per heavy atom. The number of hydrogen-bond acceptors (Lipinski definition) is 3. The van der Waals surface area contributed by atoms with Gasteiger partial charge in [0, 0.05) is 24.2 Å². The molecule has 4 rings (SSSR count). The molecule has 0 saturated carbocycles. The lowest BCUT2D eigenvalue weighted by atomic mass is 10.2. The number of carbonyl (C=O) groups excluding carboxylic acids is 2. The minimum Gasteiger partial charge on any atom is -0.337 e. The second kappa shape index (κ2) is 7.19. The minimum atomic E-state index is -0.365. The molecule has 2 amide bonds. The Hall–Kier alpha value is -3.22. The number of rotatable bonds is 4. The van der Waals surface area contributed by atoms with Crippen LogP contribution in [0.1, 0.15) is 23.3 Å². The van der Waals surface area contributed by atoms with Gasteiger partial charge >= 0.3 is 0 Å². The van der Waals surface area contributed by atoms with Gasteiger partial charge in [-0.1, -0.05) is 18.2 Å². The molecule has 0 radical (unpaired) electrons. The first-order valence-corrected chi connectivity index (χ1v) is 8.92. The first-order valence-electron chi connectivity index (χ1n) is 8.92. The average molecular weight is 366 g/mol. The van der Waals surface area contributed by atoms with Gasteiger partial charge in [0.25, 0.3) is 5.91 Å². The van der Waals surface area contributed by atoms with Crippen LogP contribution in [0, 0.1) is 5.82 Å². The molecule has 3 aromatic rings. The number of para-hydroxylation sites is 1. The first-order chi connectivity index (χ1) is 13.1. The summed E-state index contributed by atoms with van der Waals surface area (Å²) in [7, 11) is 0. The lowest BCUT2D eigenvalue weighted by molar-refractivity contribution is -0.116. The number of halogens is 1. The Bertz CT molecular complexity index is 991. The maximum Gasteiger partial charge on any atom is 0.275 e. The van der Waals surface area contributed by atoms with Crippen molar-refractivity contribution in [1.29, 1.82) is 0 Å². The van der Waals surface area contributed by atoms with Crippen LogP contribution in [0.3, 0.4) is 0 Å². The van der Waals surface area contributed by atoms with Crippen molar-refractivity contribution in [2.75, 3.05) is 18.4 Å². The number of hydrogen-bond donors (Lipinski definition) is 1. The number of fused-ring (bicyclic) bond motifs is 1. The van der Waals surface area contributed by atoms with Crippen LogP contribution in [0.25, 0.3) is 10.9 Å². The van der Waals surface area contributed by atoms with E-state index in [-0.39, 0.29) is 24.2 Å². The molecule has 0 bridgehead atoms. The Labute approximate surface area is 155 Å². The lowest BCUT2D eigenvalue weighted by Gasteiger charge is -2.13. The highest BCUT2D eigenvalue weighted by atomic mass is 19.1. The van der Waals surface area contributed by atoms with Gasteiger partial charge < -0.3 is 10.2 Å². The molecule has 1 aliphatic rings. The molecule has 0 unspecified atom stereocenters. The van der Waals surface area contributed by atoms with Gasteiger partial charge in [0.05, 0.1) is 5.52 Å². The predicted molar refractivity (Wildman–Crippen MR) is 99.9 cm³/mol. The van der Waals surface area contributed by atoms with Crippen LogP contribution in [-0.4, -0.2) is 39.6 Å². The molecule has 2 heterocycles. The quantitative estimate of drug-likeness (QED) is 0.772. The Morgan fingerprint density at radius 1 is 1.04 bits per heavy atom. The Morgan fingerprint density at radius 3 is 2.48 bits per heavy atom. The van der Waals surface area contributed by atoms with E-state index in [1.165, 1.54) is 28.9 Å². The summed E-state index contributed by atoms with van der Waals surface area (Å²) in [6.45, 7) is 1.45. The minimum absolute atomic E-state index is 0.0365. The topological polar surface area (TPSA) is 67.2 Å². The van der Waals surface area contributed by atoms with Crippen molar-refractivity contribution >= 4 is 28.4 Å². The second-order valence-electron chi connectivity index (χ2n) is 6.58. The second-order valence-corrected chi connectivity index (χ2v) is 6.58. The van der Waals surface area contributed by atoms with E-state index in [4.69, 9.17) is 0 Å². The molecule has 1 aliphatic heterocycles. The molecule has 1 saturated heterocycles. The molecule has 0 spiro atoms. The standard InChI is InChI=1S/C20H19FN4O2/c21-14-7-9-15(10-8-14)22-18(26)13-25-17-6-2-1-5-16(17)19(23-25)20(27)24-11-3-4-12-24/h1-2,5-10H,3-4,11-13H2,(H,22,26). The maximum absolute atomic E-state index is 13.0. The third kappa shape index (κ3) is 3.53. The number of aromatic nitrogens is 2. The van der Waals surface area contributed by atoms with Crippen molar-refractivity contribution in [3.63, 3.8) is 0 Å². The van der Waals surface area contributed by atoms with Crippen LogP contribution in [-0.2, 0) is 11.3 Å². The van der Waals surface area contributed by atoms with Crippen LogP contribution in [0.2, 0.25) is 0 Å². The molecule has 0 atom stereocenters. The van der Waals surface area contributed by atoms with Gasteiger partial charge in [0.15, 0.2) is 5.69 Å². The summed E-state index contributed by atoms with van der Waals surface area (Å²) in [4.78, 5) is 27.0. The Balaban J connectivity index is 1.59. The van der Waals surface area contributed by atoms with Crippen molar-refractivity contribution < 1.29 is 14.0 Å². The monoisotopic (exact) mass is 366 g/mol. The predicted octanol–water partition coefficient (Wildman–Crippen LogP) is 3.05. The zero-order chi connectivity index (χ0) is 18.8. The number of likely N-dealkylation sites (tertiary alicyclic amines) is 1. The van der Waals surface area contributed by atoms with Crippen LogP contribution in [0.4, 0.5) is 10.1 Å². The van der Waals surface area contributed by atoms with Crippen LogP contribution < -0.4 is 5.32 Å². The van der Waals surface area contributed by atoms with Gasteiger partial charge in [-0.25, -0.2) is 4.39 Å². The fourth-order valence-electron chi connectivity index (χ4n) is 3.35. The van der Waals surface area contributed by atoms with E-state index in [0.29, 0.717) is 11.4 Å². The van der Waals surface area contributed by atoms with Crippen LogP contribution in [0.5, 0.6) is 0 Å². The molecule has 0 aliphatic carbocycles. The molecule has 1 N–H and O–H groups in total. The number of amides is 2. The van der Waals surface area contributed by atoms with Gasteiger partial charge in [-0.3, -0.25) is 14.3 Å². The first kappa shape index (κ1) is 17.2. The van der Waals surface area contributed by atoms with Crippen molar-refractivity contribution in [1.82, 2.24) is 14.7 Å². The molecular formula is C20H19FN4O2. The van der Waals surface area contributed by atoms with E-state index in [9.17, 15) is 14.0 Å². The normalized spacial score (nSPS) is 13.9. The van der Waals surface area contributed by atoms with E-state index in [0.717, 1.165) is 36.8 Å². The number of anilines is 1. The van der Waals surface area contributed by atoms with E-state index < -0.39 is 0 Å². The summed E-state index contributed by atoms with van der Waals surface area (Å²) in [5, 5.41) is 7.89. The third-order valence-corrected chi connectivity index (χ3v) is 4.68. The highest BCUT2D eigenvalue weighted by molar-refractivity contribution is 6.05. The van der Waals surface area contributed by atoms with Gasteiger partial charge in [-0.05, 0) is 43.2 Å². The lowest BCUT2D eigenvalue weighted by Crippen LogP contribution is -2.28. The van der Waals surface area contributed by atoms with Gasteiger partial charge in [-0.2, -0.15) is 5.10 Å². The van der Waals surface area contributed by atoms with Gasteiger partial charge in [0.1, 0.15) is 12.4 Å². The zero-order valence-corrected chi connectivity index (χ0v) is 14.7. The van der Waals surface area contributed by atoms with E-state index in [1.807, 2.05) is 24.3 Å². The Kier molecular flexibility index (Phi) is 4.58. The summed E-state index contributed by atoms with van der Waals surface area (Å²) < 4.78 is 14.5. The fraction of sp³-hybridized carbons (Fsp3) is 0.250. The van der Waals surface area contributed by atoms with Gasteiger partial charge in [-0.15, -0.1) is 0 Å². The number of nitrogens with one attached hydrogen (secondary N) is 1. The van der Waals surface area contributed by atoms with E-state index in [1.54, 1.807) is 4.90 Å². The molecule has 138 valence electrons. The molecular weight excluding hydrogens is 347 g/mol. The van der Waals surface area contributed by atoms with Gasteiger partial charge in [0.2, 0.25) is 5.91 Å².